The fourth-order valence-corrected chi connectivity index (χ4v) is 2.42. The molecular formula is C12H17N3O. The summed E-state index contributed by atoms with van der Waals surface area (Å²) in [7, 11) is 0. The second-order valence-electron chi connectivity index (χ2n) is 4.53. The number of piperidine rings is 1. The molecule has 4 nitrogen and oxygen atoms in total. The van der Waals surface area contributed by atoms with Crippen LogP contribution in [0.3, 0.4) is 0 Å². The van der Waals surface area contributed by atoms with Gasteiger partial charge in [-0.15, -0.1) is 0 Å². The third kappa shape index (κ3) is 1.95. The molecule has 0 atom stereocenters. The molecule has 0 bridgehead atoms. The molecule has 86 valence electrons. The molecule has 1 aromatic heterocycles. The fourth-order valence-electron chi connectivity index (χ4n) is 2.42. The van der Waals surface area contributed by atoms with Crippen LogP contribution >= 0.6 is 0 Å². The first-order valence-corrected chi connectivity index (χ1v) is 6.06. The molecule has 0 aliphatic carbocycles. The maximum Gasteiger partial charge on any atom is 0.131 e. The van der Waals surface area contributed by atoms with E-state index in [0.717, 1.165) is 44.8 Å². The van der Waals surface area contributed by atoms with Crippen LogP contribution in [0.15, 0.2) is 6.20 Å². The van der Waals surface area contributed by atoms with Gasteiger partial charge in [-0.1, -0.05) is 0 Å². The Morgan fingerprint density at radius 1 is 1.31 bits per heavy atom. The maximum absolute atomic E-state index is 5.39. The SMILES string of the molecule is c1nc(C2CCNCC2)nc2c1COCC2. The van der Waals surface area contributed by atoms with Crippen molar-refractivity contribution in [3.63, 3.8) is 0 Å². The second-order valence-corrected chi connectivity index (χ2v) is 4.53. The molecule has 0 saturated carbocycles. The van der Waals surface area contributed by atoms with E-state index in [1.165, 1.54) is 11.3 Å². The van der Waals surface area contributed by atoms with E-state index in [2.05, 4.69) is 10.3 Å². The number of nitrogens with zero attached hydrogens (tertiary/aromatic N) is 2. The average Bonchev–Trinajstić information content (AvgIpc) is 2.39. The minimum Gasteiger partial charge on any atom is -0.376 e. The monoisotopic (exact) mass is 219 g/mol. The third-order valence-electron chi connectivity index (χ3n) is 3.42. The summed E-state index contributed by atoms with van der Waals surface area (Å²) in [5.74, 6) is 1.59. The summed E-state index contributed by atoms with van der Waals surface area (Å²) in [6.07, 6.45) is 5.22. The maximum atomic E-state index is 5.39. The normalized spacial score (nSPS) is 21.8. The first kappa shape index (κ1) is 10.2. The third-order valence-corrected chi connectivity index (χ3v) is 3.42. The highest BCUT2D eigenvalue weighted by Crippen LogP contribution is 2.23. The molecule has 0 spiro atoms. The summed E-state index contributed by atoms with van der Waals surface area (Å²) in [6, 6.07) is 0. The number of ether oxygens (including phenoxy) is 1. The van der Waals surface area contributed by atoms with Gasteiger partial charge in [0.25, 0.3) is 0 Å². The van der Waals surface area contributed by atoms with Crippen molar-refractivity contribution in [2.24, 2.45) is 0 Å². The largest absolute Gasteiger partial charge is 0.376 e. The van der Waals surface area contributed by atoms with Gasteiger partial charge in [-0.05, 0) is 25.9 Å². The van der Waals surface area contributed by atoms with E-state index >= 15 is 0 Å². The quantitative estimate of drug-likeness (QED) is 0.766. The van der Waals surface area contributed by atoms with Crippen LogP contribution in [0.1, 0.15) is 35.8 Å². The van der Waals surface area contributed by atoms with Crippen LogP contribution in [0.25, 0.3) is 0 Å². The number of aromatic nitrogens is 2. The van der Waals surface area contributed by atoms with Crippen LogP contribution in [0, 0.1) is 0 Å². The van der Waals surface area contributed by atoms with Crippen LogP contribution in [-0.2, 0) is 17.8 Å². The minimum atomic E-state index is 0.550. The lowest BCUT2D eigenvalue weighted by Crippen LogP contribution is -2.28. The van der Waals surface area contributed by atoms with Gasteiger partial charge < -0.3 is 10.1 Å². The molecule has 1 saturated heterocycles. The highest BCUT2D eigenvalue weighted by Gasteiger charge is 2.20. The van der Waals surface area contributed by atoms with Crippen molar-refractivity contribution in [2.45, 2.75) is 31.8 Å². The van der Waals surface area contributed by atoms with Gasteiger partial charge in [-0.25, -0.2) is 9.97 Å². The van der Waals surface area contributed by atoms with Crippen LogP contribution in [0.2, 0.25) is 0 Å². The molecule has 4 heteroatoms. The summed E-state index contributed by atoms with van der Waals surface area (Å²) >= 11 is 0. The molecule has 0 radical (unpaired) electrons. The van der Waals surface area contributed by atoms with E-state index < -0.39 is 0 Å². The van der Waals surface area contributed by atoms with Gasteiger partial charge in [-0.2, -0.15) is 0 Å². The molecule has 1 N–H and O–H groups in total. The lowest BCUT2D eigenvalue weighted by Gasteiger charge is -2.23. The van der Waals surface area contributed by atoms with Gasteiger partial charge in [0.2, 0.25) is 0 Å². The Morgan fingerprint density at radius 2 is 2.19 bits per heavy atom. The van der Waals surface area contributed by atoms with Crippen molar-refractivity contribution in [3.8, 4) is 0 Å². The zero-order valence-electron chi connectivity index (χ0n) is 9.41. The van der Waals surface area contributed by atoms with Gasteiger partial charge in [0.15, 0.2) is 0 Å². The zero-order valence-corrected chi connectivity index (χ0v) is 9.41. The predicted octanol–water partition coefficient (Wildman–Crippen LogP) is 1.02. The lowest BCUT2D eigenvalue weighted by atomic mass is 9.97. The number of rotatable bonds is 1. The standard InChI is InChI=1S/C12H17N3O/c1-4-13-5-2-9(1)12-14-7-10-8-16-6-3-11(10)15-12/h7,9,13H,1-6,8H2. The number of hydrogen-bond donors (Lipinski definition) is 1. The van der Waals surface area contributed by atoms with Crippen molar-refractivity contribution in [2.75, 3.05) is 19.7 Å². The Morgan fingerprint density at radius 3 is 3.06 bits per heavy atom. The first-order chi connectivity index (χ1) is 7.93. The fraction of sp³-hybridized carbons (Fsp3) is 0.667. The number of fused-ring (bicyclic) bond motifs is 1. The topological polar surface area (TPSA) is 47.0 Å². The smallest absolute Gasteiger partial charge is 0.131 e. The Kier molecular flexibility index (Phi) is 2.84. The highest BCUT2D eigenvalue weighted by molar-refractivity contribution is 5.20. The second kappa shape index (κ2) is 4.47. The Bertz CT molecular complexity index is 375. The van der Waals surface area contributed by atoms with E-state index in [0.29, 0.717) is 12.5 Å². The molecule has 1 fully saturated rings. The summed E-state index contributed by atoms with van der Waals surface area (Å²) in [4.78, 5) is 9.21. The van der Waals surface area contributed by atoms with Crippen LogP contribution in [0.4, 0.5) is 0 Å². The van der Waals surface area contributed by atoms with Gasteiger partial charge in [0.1, 0.15) is 5.82 Å². The summed E-state index contributed by atoms with van der Waals surface area (Å²) in [6.45, 7) is 3.67. The summed E-state index contributed by atoms with van der Waals surface area (Å²) in [5.41, 5.74) is 2.37. The van der Waals surface area contributed by atoms with Gasteiger partial charge in [0, 0.05) is 24.1 Å². The Labute approximate surface area is 95.4 Å². The predicted molar refractivity (Wildman–Crippen MR) is 60.2 cm³/mol. The van der Waals surface area contributed by atoms with E-state index in [1.54, 1.807) is 0 Å². The van der Waals surface area contributed by atoms with Crippen molar-refractivity contribution in [3.05, 3.63) is 23.3 Å². The van der Waals surface area contributed by atoms with Crippen LogP contribution in [-0.4, -0.2) is 29.7 Å². The Hall–Kier alpha value is -1.00. The summed E-state index contributed by atoms with van der Waals surface area (Å²) < 4.78 is 5.39. The first-order valence-electron chi connectivity index (χ1n) is 6.06. The lowest BCUT2D eigenvalue weighted by molar-refractivity contribution is 0.108. The molecule has 3 rings (SSSR count). The van der Waals surface area contributed by atoms with Crippen molar-refractivity contribution >= 4 is 0 Å². The van der Waals surface area contributed by atoms with Gasteiger partial charge in [0.05, 0.1) is 18.9 Å². The van der Waals surface area contributed by atoms with Crippen molar-refractivity contribution in [1.82, 2.24) is 15.3 Å². The minimum absolute atomic E-state index is 0.550. The van der Waals surface area contributed by atoms with E-state index in [4.69, 9.17) is 9.72 Å². The summed E-state index contributed by atoms with van der Waals surface area (Å²) in [5, 5.41) is 3.37. The molecular weight excluding hydrogens is 202 g/mol. The molecule has 3 heterocycles. The van der Waals surface area contributed by atoms with E-state index in [1.807, 2.05) is 6.20 Å². The molecule has 0 aromatic carbocycles. The molecule has 1 aromatic rings. The van der Waals surface area contributed by atoms with Crippen LogP contribution < -0.4 is 5.32 Å². The molecule has 0 amide bonds. The molecule has 2 aliphatic heterocycles. The van der Waals surface area contributed by atoms with E-state index in [9.17, 15) is 0 Å². The van der Waals surface area contributed by atoms with Gasteiger partial charge >= 0.3 is 0 Å². The van der Waals surface area contributed by atoms with Crippen LogP contribution in [0.5, 0.6) is 0 Å². The van der Waals surface area contributed by atoms with E-state index in [-0.39, 0.29) is 0 Å². The molecule has 16 heavy (non-hydrogen) atoms. The zero-order chi connectivity index (χ0) is 10.8. The van der Waals surface area contributed by atoms with Gasteiger partial charge in [-0.3, -0.25) is 0 Å². The number of nitrogens with one attached hydrogen (secondary N) is 1. The van der Waals surface area contributed by atoms with Crippen molar-refractivity contribution in [1.29, 1.82) is 0 Å². The molecule has 2 aliphatic rings. The highest BCUT2D eigenvalue weighted by atomic mass is 16.5. The number of hydrogen-bond acceptors (Lipinski definition) is 4. The average molecular weight is 219 g/mol. The van der Waals surface area contributed by atoms with Crippen molar-refractivity contribution < 1.29 is 4.74 Å². The Balaban J connectivity index is 1.84. The molecule has 0 unspecified atom stereocenters.